The molecule has 74 valence electrons. The maximum Gasteiger partial charge on any atom is 0.130 e. The van der Waals surface area contributed by atoms with Crippen molar-refractivity contribution in [3.63, 3.8) is 0 Å². The predicted octanol–water partition coefficient (Wildman–Crippen LogP) is 3.75. The van der Waals surface area contributed by atoms with E-state index >= 15 is 0 Å². The van der Waals surface area contributed by atoms with Crippen LogP contribution in [0.2, 0.25) is 0 Å². The van der Waals surface area contributed by atoms with E-state index in [-0.39, 0.29) is 11.2 Å². The van der Waals surface area contributed by atoms with Gasteiger partial charge in [0.05, 0.1) is 5.38 Å². The number of hydrogen-bond donors (Lipinski definition) is 0. The SMILES string of the molecule is Fc1ccc(F)c(C2=CC(Cl)CC2)c1. The zero-order valence-electron chi connectivity index (χ0n) is 7.43. The summed E-state index contributed by atoms with van der Waals surface area (Å²) < 4.78 is 26.2. The van der Waals surface area contributed by atoms with Crippen molar-refractivity contribution in [3.8, 4) is 0 Å². The third-order valence-corrected chi connectivity index (χ3v) is 2.69. The average Bonchev–Trinajstić information content (AvgIpc) is 2.56. The molecule has 0 aromatic heterocycles. The minimum Gasteiger partial charge on any atom is -0.207 e. The van der Waals surface area contributed by atoms with Crippen LogP contribution < -0.4 is 0 Å². The predicted molar refractivity (Wildman–Crippen MR) is 53.2 cm³/mol. The van der Waals surface area contributed by atoms with Crippen molar-refractivity contribution >= 4 is 17.2 Å². The number of allylic oxidation sites excluding steroid dienone is 2. The van der Waals surface area contributed by atoms with Gasteiger partial charge in [0.15, 0.2) is 0 Å². The van der Waals surface area contributed by atoms with Gasteiger partial charge < -0.3 is 0 Å². The van der Waals surface area contributed by atoms with Gasteiger partial charge in [-0.15, -0.1) is 11.6 Å². The first-order valence-corrected chi connectivity index (χ1v) is 4.90. The average molecular weight is 215 g/mol. The lowest BCUT2D eigenvalue weighted by atomic mass is 10.1. The molecule has 1 aliphatic carbocycles. The molecule has 0 nitrogen and oxygen atoms in total. The Morgan fingerprint density at radius 2 is 2.07 bits per heavy atom. The van der Waals surface area contributed by atoms with Gasteiger partial charge in [-0.2, -0.15) is 0 Å². The van der Waals surface area contributed by atoms with E-state index in [9.17, 15) is 8.78 Å². The molecule has 1 atom stereocenters. The molecule has 1 aromatic rings. The van der Waals surface area contributed by atoms with Gasteiger partial charge in [-0.05, 0) is 36.6 Å². The quantitative estimate of drug-likeness (QED) is 0.625. The van der Waals surface area contributed by atoms with E-state index in [2.05, 4.69) is 0 Å². The number of halogens is 3. The summed E-state index contributed by atoms with van der Waals surface area (Å²) in [5.74, 6) is -0.802. The molecule has 0 fully saturated rings. The monoisotopic (exact) mass is 214 g/mol. The van der Waals surface area contributed by atoms with E-state index in [4.69, 9.17) is 11.6 Å². The van der Waals surface area contributed by atoms with Crippen molar-refractivity contribution < 1.29 is 8.78 Å². The van der Waals surface area contributed by atoms with Crippen LogP contribution in [0.25, 0.3) is 5.57 Å². The van der Waals surface area contributed by atoms with E-state index in [0.717, 1.165) is 24.1 Å². The normalized spacial score (nSPS) is 21.1. The van der Waals surface area contributed by atoms with Crippen molar-refractivity contribution in [1.82, 2.24) is 0 Å². The van der Waals surface area contributed by atoms with Crippen LogP contribution in [0.1, 0.15) is 18.4 Å². The van der Waals surface area contributed by atoms with Crippen molar-refractivity contribution in [1.29, 1.82) is 0 Å². The lowest BCUT2D eigenvalue weighted by Crippen LogP contribution is -1.89. The fraction of sp³-hybridized carbons (Fsp3) is 0.273. The van der Waals surface area contributed by atoms with E-state index in [1.165, 1.54) is 6.07 Å². The highest BCUT2D eigenvalue weighted by molar-refractivity contribution is 6.22. The molecule has 0 amide bonds. The second-order valence-electron chi connectivity index (χ2n) is 3.37. The van der Waals surface area contributed by atoms with Gasteiger partial charge in [0, 0.05) is 5.56 Å². The first-order chi connectivity index (χ1) is 6.66. The first-order valence-electron chi connectivity index (χ1n) is 4.47. The maximum atomic E-state index is 13.3. The van der Waals surface area contributed by atoms with Gasteiger partial charge >= 0.3 is 0 Å². The molecule has 0 aliphatic heterocycles. The highest BCUT2D eigenvalue weighted by atomic mass is 35.5. The summed E-state index contributed by atoms with van der Waals surface area (Å²) >= 11 is 5.86. The molecular weight excluding hydrogens is 206 g/mol. The molecule has 0 spiro atoms. The van der Waals surface area contributed by atoms with Crippen LogP contribution in [0.4, 0.5) is 8.78 Å². The smallest absolute Gasteiger partial charge is 0.130 e. The minimum absolute atomic E-state index is 0.0485. The number of alkyl halides is 1. The molecule has 1 aliphatic rings. The molecule has 2 rings (SSSR count). The molecule has 3 heteroatoms. The second-order valence-corrected chi connectivity index (χ2v) is 3.93. The third kappa shape index (κ3) is 1.80. The summed E-state index contributed by atoms with van der Waals surface area (Å²) in [6.07, 6.45) is 3.31. The van der Waals surface area contributed by atoms with E-state index in [0.29, 0.717) is 12.0 Å². The Hall–Kier alpha value is -0.890. The fourth-order valence-corrected chi connectivity index (χ4v) is 1.91. The van der Waals surface area contributed by atoms with Crippen LogP contribution in [0.15, 0.2) is 24.3 Å². The van der Waals surface area contributed by atoms with Crippen molar-refractivity contribution in [2.24, 2.45) is 0 Å². The summed E-state index contributed by atoms with van der Waals surface area (Å²) in [6, 6.07) is 3.48. The lowest BCUT2D eigenvalue weighted by Gasteiger charge is -2.03. The highest BCUT2D eigenvalue weighted by Crippen LogP contribution is 2.32. The van der Waals surface area contributed by atoms with Gasteiger partial charge in [0.2, 0.25) is 0 Å². The highest BCUT2D eigenvalue weighted by Gasteiger charge is 2.17. The molecular formula is C11H9ClF2. The fourth-order valence-electron chi connectivity index (χ4n) is 1.65. The molecule has 14 heavy (non-hydrogen) atoms. The molecule has 1 aromatic carbocycles. The van der Waals surface area contributed by atoms with Crippen molar-refractivity contribution in [3.05, 3.63) is 41.5 Å². The first kappa shape index (κ1) is 9.66. The summed E-state index contributed by atoms with van der Waals surface area (Å²) in [5, 5.41) is -0.0485. The Labute approximate surface area is 86.2 Å². The second kappa shape index (κ2) is 3.70. The van der Waals surface area contributed by atoms with Gasteiger partial charge in [-0.25, -0.2) is 8.78 Å². The number of rotatable bonds is 1. The Bertz CT molecular complexity index is 385. The summed E-state index contributed by atoms with van der Waals surface area (Å²) in [7, 11) is 0. The van der Waals surface area contributed by atoms with Crippen LogP contribution in [-0.4, -0.2) is 5.38 Å². The van der Waals surface area contributed by atoms with Crippen LogP contribution in [-0.2, 0) is 0 Å². The van der Waals surface area contributed by atoms with E-state index in [1.807, 2.05) is 0 Å². The third-order valence-electron chi connectivity index (χ3n) is 2.35. The van der Waals surface area contributed by atoms with Crippen LogP contribution in [0, 0.1) is 11.6 Å². The molecule has 0 heterocycles. The van der Waals surface area contributed by atoms with Crippen molar-refractivity contribution in [2.75, 3.05) is 0 Å². The largest absolute Gasteiger partial charge is 0.207 e. The van der Waals surface area contributed by atoms with Gasteiger partial charge in [0.1, 0.15) is 11.6 Å². The summed E-state index contributed by atoms with van der Waals surface area (Å²) in [5.41, 5.74) is 1.15. The zero-order chi connectivity index (χ0) is 10.1. The van der Waals surface area contributed by atoms with E-state index < -0.39 is 5.82 Å². The van der Waals surface area contributed by atoms with Crippen LogP contribution in [0.5, 0.6) is 0 Å². The maximum absolute atomic E-state index is 13.3. The Morgan fingerprint density at radius 1 is 1.29 bits per heavy atom. The molecule has 0 saturated heterocycles. The minimum atomic E-state index is -0.416. The molecule has 1 unspecified atom stereocenters. The number of benzene rings is 1. The Balaban J connectivity index is 2.41. The Kier molecular flexibility index (Phi) is 2.55. The Morgan fingerprint density at radius 3 is 2.71 bits per heavy atom. The zero-order valence-corrected chi connectivity index (χ0v) is 8.19. The van der Waals surface area contributed by atoms with Gasteiger partial charge in [-0.3, -0.25) is 0 Å². The van der Waals surface area contributed by atoms with Gasteiger partial charge in [-0.1, -0.05) is 6.08 Å². The topological polar surface area (TPSA) is 0 Å². The van der Waals surface area contributed by atoms with E-state index in [1.54, 1.807) is 6.08 Å². The molecule has 0 saturated carbocycles. The van der Waals surface area contributed by atoms with Gasteiger partial charge in [0.25, 0.3) is 0 Å². The van der Waals surface area contributed by atoms with Crippen LogP contribution >= 0.6 is 11.6 Å². The lowest BCUT2D eigenvalue weighted by molar-refractivity contribution is 0.596. The van der Waals surface area contributed by atoms with Crippen LogP contribution in [0.3, 0.4) is 0 Å². The number of hydrogen-bond acceptors (Lipinski definition) is 0. The molecule has 0 radical (unpaired) electrons. The molecule has 0 bridgehead atoms. The standard InChI is InChI=1S/C11H9ClF2/c12-8-2-1-7(5-8)10-6-9(13)3-4-11(10)14/h3-6,8H,1-2H2. The van der Waals surface area contributed by atoms with Crippen molar-refractivity contribution in [2.45, 2.75) is 18.2 Å². The summed E-state index contributed by atoms with van der Waals surface area (Å²) in [4.78, 5) is 0. The summed E-state index contributed by atoms with van der Waals surface area (Å²) in [6.45, 7) is 0. The molecule has 0 N–H and O–H groups in total.